The van der Waals surface area contributed by atoms with Crippen molar-refractivity contribution in [3.8, 4) is 0 Å². The second-order valence-electron chi connectivity index (χ2n) is 5.01. The van der Waals surface area contributed by atoms with Crippen LogP contribution in [0, 0.1) is 5.92 Å². The fourth-order valence-corrected chi connectivity index (χ4v) is 2.56. The van der Waals surface area contributed by atoms with Crippen LogP contribution in [0.4, 0.5) is 0 Å². The summed E-state index contributed by atoms with van der Waals surface area (Å²) in [4.78, 5) is 2.66. The van der Waals surface area contributed by atoms with E-state index >= 15 is 0 Å². The molecule has 0 amide bonds. The van der Waals surface area contributed by atoms with E-state index in [0.717, 1.165) is 5.92 Å². The van der Waals surface area contributed by atoms with E-state index in [1.165, 1.54) is 45.3 Å². The van der Waals surface area contributed by atoms with Gasteiger partial charge >= 0.3 is 0 Å². The first-order valence-electron chi connectivity index (χ1n) is 6.21. The largest absolute Gasteiger partial charge is 0.302 e. The van der Waals surface area contributed by atoms with E-state index in [4.69, 9.17) is 0 Å². The van der Waals surface area contributed by atoms with Gasteiger partial charge in [-0.2, -0.15) is 0 Å². The van der Waals surface area contributed by atoms with E-state index in [0.29, 0.717) is 0 Å². The van der Waals surface area contributed by atoms with Gasteiger partial charge in [0.15, 0.2) is 0 Å². The van der Waals surface area contributed by atoms with Gasteiger partial charge in [-0.25, -0.2) is 0 Å². The SMILES string of the molecule is Cl.c1ccc2c(c1)CCN(CC1CC1)CC2. The minimum atomic E-state index is 0. The summed E-state index contributed by atoms with van der Waals surface area (Å²) in [6.07, 6.45) is 5.46. The van der Waals surface area contributed by atoms with E-state index in [1.54, 1.807) is 11.1 Å². The summed E-state index contributed by atoms with van der Waals surface area (Å²) < 4.78 is 0. The van der Waals surface area contributed by atoms with Crippen LogP contribution in [0.2, 0.25) is 0 Å². The zero-order chi connectivity index (χ0) is 10.1. The molecular weight excluding hydrogens is 218 g/mol. The summed E-state index contributed by atoms with van der Waals surface area (Å²) in [6.45, 7) is 3.90. The Kier molecular flexibility index (Phi) is 3.88. The molecule has 1 fully saturated rings. The van der Waals surface area contributed by atoms with Gasteiger partial charge in [0.25, 0.3) is 0 Å². The van der Waals surface area contributed by atoms with Crippen molar-refractivity contribution in [2.75, 3.05) is 19.6 Å². The Labute approximate surface area is 104 Å². The summed E-state index contributed by atoms with van der Waals surface area (Å²) in [7, 11) is 0. The molecule has 0 bridgehead atoms. The van der Waals surface area contributed by atoms with Crippen molar-refractivity contribution < 1.29 is 0 Å². The molecular formula is C14H20ClN. The van der Waals surface area contributed by atoms with Crippen LogP contribution < -0.4 is 0 Å². The molecule has 1 saturated carbocycles. The highest BCUT2D eigenvalue weighted by molar-refractivity contribution is 5.85. The van der Waals surface area contributed by atoms with Crippen LogP contribution in [-0.4, -0.2) is 24.5 Å². The topological polar surface area (TPSA) is 3.24 Å². The number of halogens is 1. The first-order valence-corrected chi connectivity index (χ1v) is 6.21. The highest BCUT2D eigenvalue weighted by atomic mass is 35.5. The van der Waals surface area contributed by atoms with Gasteiger partial charge in [0.2, 0.25) is 0 Å². The maximum atomic E-state index is 2.66. The minimum absolute atomic E-state index is 0. The van der Waals surface area contributed by atoms with Crippen LogP contribution in [-0.2, 0) is 12.8 Å². The van der Waals surface area contributed by atoms with Crippen LogP contribution in [0.15, 0.2) is 24.3 Å². The van der Waals surface area contributed by atoms with Crippen molar-refractivity contribution in [2.24, 2.45) is 5.92 Å². The smallest absolute Gasteiger partial charge is 0.00222 e. The summed E-state index contributed by atoms with van der Waals surface area (Å²) in [5.74, 6) is 1.03. The first kappa shape index (κ1) is 11.9. The summed E-state index contributed by atoms with van der Waals surface area (Å²) in [6, 6.07) is 8.96. The molecule has 16 heavy (non-hydrogen) atoms. The van der Waals surface area contributed by atoms with Crippen LogP contribution in [0.3, 0.4) is 0 Å². The molecule has 3 rings (SSSR count). The van der Waals surface area contributed by atoms with Crippen molar-refractivity contribution in [3.63, 3.8) is 0 Å². The highest BCUT2D eigenvalue weighted by Crippen LogP contribution is 2.30. The molecule has 1 heterocycles. The number of hydrogen-bond acceptors (Lipinski definition) is 1. The molecule has 0 radical (unpaired) electrons. The normalized spacial score (nSPS) is 20.8. The second kappa shape index (κ2) is 5.20. The molecule has 88 valence electrons. The van der Waals surface area contributed by atoms with E-state index in [9.17, 15) is 0 Å². The molecule has 1 aliphatic carbocycles. The molecule has 0 atom stereocenters. The van der Waals surface area contributed by atoms with Gasteiger partial charge in [-0.3, -0.25) is 0 Å². The monoisotopic (exact) mass is 237 g/mol. The predicted molar refractivity (Wildman–Crippen MR) is 70.3 cm³/mol. The molecule has 0 spiro atoms. The number of fused-ring (bicyclic) bond motifs is 1. The lowest BCUT2D eigenvalue weighted by atomic mass is 10.0. The lowest BCUT2D eigenvalue weighted by molar-refractivity contribution is 0.276. The Bertz CT molecular complexity index is 319. The van der Waals surface area contributed by atoms with Crippen molar-refractivity contribution in [1.29, 1.82) is 0 Å². The molecule has 1 aromatic rings. The third-order valence-corrected chi connectivity index (χ3v) is 3.73. The van der Waals surface area contributed by atoms with Crippen molar-refractivity contribution in [2.45, 2.75) is 25.7 Å². The molecule has 0 N–H and O–H groups in total. The third kappa shape index (κ3) is 2.78. The average Bonchev–Trinajstić information content (AvgIpc) is 3.07. The van der Waals surface area contributed by atoms with Crippen LogP contribution in [0.5, 0.6) is 0 Å². The zero-order valence-electron chi connectivity index (χ0n) is 9.69. The van der Waals surface area contributed by atoms with Crippen molar-refractivity contribution in [1.82, 2.24) is 4.90 Å². The molecule has 0 unspecified atom stereocenters. The van der Waals surface area contributed by atoms with E-state index in [-0.39, 0.29) is 12.4 Å². The quantitative estimate of drug-likeness (QED) is 0.765. The van der Waals surface area contributed by atoms with Crippen LogP contribution in [0.25, 0.3) is 0 Å². The van der Waals surface area contributed by atoms with Gasteiger partial charge < -0.3 is 4.90 Å². The lowest BCUT2D eigenvalue weighted by Gasteiger charge is -2.18. The van der Waals surface area contributed by atoms with Gasteiger partial charge in [-0.1, -0.05) is 24.3 Å². The Hall–Kier alpha value is -0.530. The molecule has 0 saturated heterocycles. The molecule has 0 aromatic heterocycles. The summed E-state index contributed by atoms with van der Waals surface area (Å²) >= 11 is 0. The van der Waals surface area contributed by atoms with Gasteiger partial charge in [-0.05, 0) is 42.7 Å². The molecule has 2 aliphatic rings. The Balaban J connectivity index is 0.000000963. The fourth-order valence-electron chi connectivity index (χ4n) is 2.56. The van der Waals surface area contributed by atoms with Crippen molar-refractivity contribution in [3.05, 3.63) is 35.4 Å². The second-order valence-corrected chi connectivity index (χ2v) is 5.01. The molecule has 2 heteroatoms. The number of rotatable bonds is 2. The molecule has 1 aromatic carbocycles. The zero-order valence-corrected chi connectivity index (χ0v) is 10.5. The van der Waals surface area contributed by atoms with Crippen LogP contribution in [0.1, 0.15) is 24.0 Å². The van der Waals surface area contributed by atoms with Gasteiger partial charge in [0.1, 0.15) is 0 Å². The highest BCUT2D eigenvalue weighted by Gasteiger charge is 2.24. The Morgan fingerprint density at radius 2 is 1.56 bits per heavy atom. The average molecular weight is 238 g/mol. The maximum absolute atomic E-state index is 2.66. The number of hydrogen-bond donors (Lipinski definition) is 0. The minimum Gasteiger partial charge on any atom is -0.302 e. The fraction of sp³-hybridized carbons (Fsp3) is 0.571. The molecule has 1 nitrogen and oxygen atoms in total. The van der Waals surface area contributed by atoms with Gasteiger partial charge in [-0.15, -0.1) is 12.4 Å². The van der Waals surface area contributed by atoms with Gasteiger partial charge in [0.05, 0.1) is 0 Å². The Morgan fingerprint density at radius 1 is 1.00 bits per heavy atom. The lowest BCUT2D eigenvalue weighted by Crippen LogP contribution is -2.28. The van der Waals surface area contributed by atoms with Crippen molar-refractivity contribution >= 4 is 12.4 Å². The predicted octanol–water partition coefficient (Wildman–Crippen LogP) is 2.92. The van der Waals surface area contributed by atoms with E-state index in [2.05, 4.69) is 29.2 Å². The summed E-state index contributed by atoms with van der Waals surface area (Å²) in [5.41, 5.74) is 3.16. The first-order chi connectivity index (χ1) is 7.42. The maximum Gasteiger partial charge on any atom is 0.00222 e. The number of nitrogens with zero attached hydrogens (tertiary/aromatic N) is 1. The Morgan fingerprint density at radius 3 is 2.06 bits per heavy atom. The number of benzene rings is 1. The van der Waals surface area contributed by atoms with Gasteiger partial charge in [0, 0.05) is 19.6 Å². The van der Waals surface area contributed by atoms with E-state index in [1.807, 2.05) is 0 Å². The third-order valence-electron chi connectivity index (χ3n) is 3.73. The molecule has 1 aliphatic heterocycles. The standard InChI is InChI=1S/C14H19N.ClH/c1-2-4-14-8-10-15(11-12-5-6-12)9-7-13(14)3-1;/h1-4,12H,5-11H2;1H. The van der Waals surface area contributed by atoms with Crippen LogP contribution >= 0.6 is 12.4 Å². The summed E-state index contributed by atoms with van der Waals surface area (Å²) in [5, 5.41) is 0. The van der Waals surface area contributed by atoms with E-state index < -0.39 is 0 Å².